The predicted molar refractivity (Wildman–Crippen MR) is 87.7 cm³/mol. The topological polar surface area (TPSA) is 34.2 Å². The standard InChI is InChI=1S/C18H30N2O/c1-4-15-9-7-8-10-17(15)21-18-12-14(13-19-6-3)11-16(5-2)20-18/h11-12,15,17,19H,4-10,13H2,1-3H3. The summed E-state index contributed by atoms with van der Waals surface area (Å²) in [6, 6.07) is 4.30. The molecule has 1 aliphatic carbocycles. The Morgan fingerprint density at radius 2 is 2.00 bits per heavy atom. The number of pyridine rings is 1. The number of hydrogen-bond acceptors (Lipinski definition) is 3. The average Bonchev–Trinajstić information content (AvgIpc) is 2.53. The van der Waals surface area contributed by atoms with Crippen LogP contribution in [0.15, 0.2) is 12.1 Å². The van der Waals surface area contributed by atoms with E-state index in [1.165, 1.54) is 37.7 Å². The number of nitrogens with zero attached hydrogens (tertiary/aromatic N) is 1. The lowest BCUT2D eigenvalue weighted by Crippen LogP contribution is -2.30. The number of hydrogen-bond donors (Lipinski definition) is 1. The Hall–Kier alpha value is -1.09. The molecule has 0 spiro atoms. The van der Waals surface area contributed by atoms with Gasteiger partial charge in [-0.3, -0.25) is 0 Å². The van der Waals surface area contributed by atoms with Crippen molar-refractivity contribution in [2.75, 3.05) is 6.54 Å². The smallest absolute Gasteiger partial charge is 0.214 e. The first kappa shape index (κ1) is 16.3. The van der Waals surface area contributed by atoms with Crippen LogP contribution in [0.2, 0.25) is 0 Å². The highest BCUT2D eigenvalue weighted by Gasteiger charge is 2.25. The summed E-state index contributed by atoms with van der Waals surface area (Å²) in [5.41, 5.74) is 2.41. The molecule has 21 heavy (non-hydrogen) atoms. The fourth-order valence-corrected chi connectivity index (χ4v) is 3.18. The van der Waals surface area contributed by atoms with E-state index < -0.39 is 0 Å². The van der Waals surface area contributed by atoms with Gasteiger partial charge >= 0.3 is 0 Å². The average molecular weight is 290 g/mol. The van der Waals surface area contributed by atoms with Gasteiger partial charge < -0.3 is 10.1 Å². The summed E-state index contributed by atoms with van der Waals surface area (Å²) in [7, 11) is 0. The van der Waals surface area contributed by atoms with Gasteiger partial charge in [0.05, 0.1) is 0 Å². The molecule has 0 saturated heterocycles. The summed E-state index contributed by atoms with van der Waals surface area (Å²) < 4.78 is 6.28. The van der Waals surface area contributed by atoms with Crippen LogP contribution in [0.25, 0.3) is 0 Å². The molecule has 1 fully saturated rings. The van der Waals surface area contributed by atoms with Gasteiger partial charge in [0.1, 0.15) is 6.10 Å². The summed E-state index contributed by atoms with van der Waals surface area (Å²) in [6.45, 7) is 8.44. The van der Waals surface area contributed by atoms with Gasteiger partial charge in [0, 0.05) is 18.3 Å². The number of ether oxygens (including phenoxy) is 1. The highest BCUT2D eigenvalue weighted by atomic mass is 16.5. The van der Waals surface area contributed by atoms with Crippen LogP contribution in [0.1, 0.15) is 64.1 Å². The number of aryl methyl sites for hydroxylation is 1. The van der Waals surface area contributed by atoms with Crippen LogP contribution in [-0.4, -0.2) is 17.6 Å². The van der Waals surface area contributed by atoms with Crippen LogP contribution in [0.3, 0.4) is 0 Å². The fraction of sp³-hybridized carbons (Fsp3) is 0.722. The predicted octanol–water partition coefficient (Wildman–Crippen LogP) is 4.10. The Bertz CT molecular complexity index is 433. The van der Waals surface area contributed by atoms with Crippen molar-refractivity contribution in [2.24, 2.45) is 5.92 Å². The molecule has 2 unspecified atom stereocenters. The quantitative estimate of drug-likeness (QED) is 0.821. The fourth-order valence-electron chi connectivity index (χ4n) is 3.18. The van der Waals surface area contributed by atoms with Crippen molar-refractivity contribution in [3.8, 4) is 5.88 Å². The molecule has 118 valence electrons. The first-order valence-electron chi connectivity index (χ1n) is 8.64. The zero-order valence-corrected chi connectivity index (χ0v) is 13.8. The van der Waals surface area contributed by atoms with E-state index in [4.69, 9.17) is 4.74 Å². The summed E-state index contributed by atoms with van der Waals surface area (Å²) >= 11 is 0. The van der Waals surface area contributed by atoms with E-state index >= 15 is 0 Å². The molecule has 1 aromatic heterocycles. The molecule has 0 radical (unpaired) electrons. The lowest BCUT2D eigenvalue weighted by atomic mass is 9.85. The van der Waals surface area contributed by atoms with E-state index in [0.29, 0.717) is 12.0 Å². The molecule has 1 heterocycles. The van der Waals surface area contributed by atoms with Crippen molar-refractivity contribution < 1.29 is 4.74 Å². The number of rotatable bonds is 7. The first-order chi connectivity index (χ1) is 10.3. The monoisotopic (exact) mass is 290 g/mol. The van der Waals surface area contributed by atoms with Crippen LogP contribution in [-0.2, 0) is 13.0 Å². The van der Waals surface area contributed by atoms with E-state index in [2.05, 4.69) is 43.2 Å². The van der Waals surface area contributed by atoms with Gasteiger partial charge in [-0.2, -0.15) is 0 Å². The van der Waals surface area contributed by atoms with Crippen molar-refractivity contribution >= 4 is 0 Å². The maximum absolute atomic E-state index is 6.28. The molecule has 1 aliphatic rings. The maximum Gasteiger partial charge on any atom is 0.214 e. The lowest BCUT2D eigenvalue weighted by Gasteiger charge is -2.31. The van der Waals surface area contributed by atoms with Crippen LogP contribution in [0, 0.1) is 5.92 Å². The third kappa shape index (κ3) is 4.70. The molecule has 3 nitrogen and oxygen atoms in total. The molecule has 0 amide bonds. The second-order valence-corrected chi connectivity index (χ2v) is 6.05. The second-order valence-electron chi connectivity index (χ2n) is 6.05. The van der Waals surface area contributed by atoms with E-state index in [9.17, 15) is 0 Å². The minimum Gasteiger partial charge on any atom is -0.474 e. The van der Waals surface area contributed by atoms with Crippen LogP contribution in [0.5, 0.6) is 5.88 Å². The maximum atomic E-state index is 6.28. The highest BCUT2D eigenvalue weighted by Crippen LogP contribution is 2.30. The SMILES string of the molecule is CCNCc1cc(CC)nc(OC2CCCCC2CC)c1. The molecule has 0 aliphatic heterocycles. The second kappa shape index (κ2) is 8.38. The van der Waals surface area contributed by atoms with Crippen molar-refractivity contribution in [1.82, 2.24) is 10.3 Å². The lowest BCUT2D eigenvalue weighted by molar-refractivity contribution is 0.0855. The molecular formula is C18H30N2O. The van der Waals surface area contributed by atoms with E-state index in [-0.39, 0.29) is 0 Å². The Kier molecular flexibility index (Phi) is 6.50. The minimum absolute atomic E-state index is 0.357. The Morgan fingerprint density at radius 3 is 2.71 bits per heavy atom. The minimum atomic E-state index is 0.357. The third-order valence-electron chi connectivity index (χ3n) is 4.49. The normalized spacial score (nSPS) is 22.2. The number of nitrogens with one attached hydrogen (secondary N) is 1. The number of aromatic nitrogens is 1. The van der Waals surface area contributed by atoms with Gasteiger partial charge in [-0.1, -0.05) is 27.2 Å². The molecule has 2 atom stereocenters. The Morgan fingerprint density at radius 1 is 1.19 bits per heavy atom. The first-order valence-corrected chi connectivity index (χ1v) is 8.64. The van der Waals surface area contributed by atoms with Crippen molar-refractivity contribution in [1.29, 1.82) is 0 Å². The summed E-state index contributed by atoms with van der Waals surface area (Å²) in [6.07, 6.45) is 7.65. The molecular weight excluding hydrogens is 260 g/mol. The van der Waals surface area contributed by atoms with Gasteiger partial charge in [0.15, 0.2) is 0 Å². The summed E-state index contributed by atoms with van der Waals surface area (Å²) in [4.78, 5) is 4.67. The zero-order chi connectivity index (χ0) is 15.1. The van der Waals surface area contributed by atoms with Crippen LogP contribution < -0.4 is 10.1 Å². The molecule has 3 heteroatoms. The Balaban J connectivity index is 2.10. The summed E-state index contributed by atoms with van der Waals surface area (Å²) in [5, 5.41) is 3.38. The van der Waals surface area contributed by atoms with Crippen molar-refractivity contribution in [3.05, 3.63) is 23.4 Å². The summed E-state index contributed by atoms with van der Waals surface area (Å²) in [5.74, 6) is 1.52. The molecule has 1 aromatic rings. The molecule has 0 aromatic carbocycles. The highest BCUT2D eigenvalue weighted by molar-refractivity contribution is 5.25. The van der Waals surface area contributed by atoms with Gasteiger partial charge in [0.2, 0.25) is 5.88 Å². The molecule has 1 N–H and O–H groups in total. The molecule has 2 rings (SSSR count). The van der Waals surface area contributed by atoms with Crippen molar-refractivity contribution in [2.45, 2.75) is 71.9 Å². The van der Waals surface area contributed by atoms with Gasteiger partial charge in [-0.15, -0.1) is 0 Å². The molecule has 0 bridgehead atoms. The molecule has 1 saturated carbocycles. The third-order valence-corrected chi connectivity index (χ3v) is 4.49. The van der Waals surface area contributed by atoms with E-state index in [1.807, 2.05) is 0 Å². The van der Waals surface area contributed by atoms with Crippen molar-refractivity contribution in [3.63, 3.8) is 0 Å². The Labute approximate surface area is 129 Å². The van der Waals surface area contributed by atoms with Crippen LogP contribution in [0.4, 0.5) is 0 Å². The largest absolute Gasteiger partial charge is 0.474 e. The van der Waals surface area contributed by atoms with Gasteiger partial charge in [-0.05, 0) is 56.2 Å². The van der Waals surface area contributed by atoms with Gasteiger partial charge in [0.25, 0.3) is 0 Å². The van der Waals surface area contributed by atoms with Gasteiger partial charge in [-0.25, -0.2) is 4.98 Å². The van der Waals surface area contributed by atoms with Crippen LogP contribution >= 0.6 is 0 Å². The zero-order valence-electron chi connectivity index (χ0n) is 13.8. The van der Waals surface area contributed by atoms with E-state index in [0.717, 1.165) is 31.1 Å². The van der Waals surface area contributed by atoms with E-state index in [1.54, 1.807) is 0 Å².